The van der Waals surface area contributed by atoms with Gasteiger partial charge in [-0.05, 0) is 0 Å². The second kappa shape index (κ2) is 6.09. The summed E-state index contributed by atoms with van der Waals surface area (Å²) in [4.78, 5) is 32.9. The van der Waals surface area contributed by atoms with Crippen LogP contribution in [0.1, 0.15) is 27.2 Å². The van der Waals surface area contributed by atoms with Gasteiger partial charge in [0.2, 0.25) is 17.7 Å². The quantitative estimate of drug-likeness (QED) is 0.571. The molecule has 0 bridgehead atoms. The van der Waals surface area contributed by atoms with Gasteiger partial charge in [0.1, 0.15) is 0 Å². The minimum atomic E-state index is -0.591. The predicted molar refractivity (Wildman–Crippen MR) is 59.3 cm³/mol. The van der Waals surface area contributed by atoms with E-state index >= 15 is 0 Å². The van der Waals surface area contributed by atoms with Gasteiger partial charge in [-0.25, -0.2) is 0 Å². The molecule has 0 radical (unpaired) electrons. The van der Waals surface area contributed by atoms with Crippen molar-refractivity contribution in [2.75, 3.05) is 13.1 Å². The number of nitrogens with two attached hydrogens (primary N) is 1. The smallest absolute Gasteiger partial charge is 0.236 e. The number of carbonyl (C=O) groups is 3. The molecule has 3 amide bonds. The van der Waals surface area contributed by atoms with Crippen molar-refractivity contribution in [1.29, 1.82) is 0 Å². The minimum absolute atomic E-state index is 0.116. The van der Waals surface area contributed by atoms with Gasteiger partial charge in [-0.15, -0.1) is 0 Å². The second-order valence-electron chi connectivity index (χ2n) is 4.50. The van der Waals surface area contributed by atoms with Crippen LogP contribution in [0.15, 0.2) is 0 Å². The third-order valence-electron chi connectivity index (χ3n) is 1.78. The molecule has 6 heteroatoms. The summed E-state index contributed by atoms with van der Waals surface area (Å²) in [7, 11) is 0. The SMILES string of the molecule is CC(C)(C)C(=O)NCCC(=O)NCC(N)=O. The summed E-state index contributed by atoms with van der Waals surface area (Å²) in [6, 6.07) is 0. The van der Waals surface area contributed by atoms with E-state index in [1.807, 2.05) is 0 Å². The Balaban J connectivity index is 3.71. The van der Waals surface area contributed by atoms with Crippen LogP contribution in [0.25, 0.3) is 0 Å². The molecule has 4 N–H and O–H groups in total. The highest BCUT2D eigenvalue weighted by atomic mass is 16.2. The molecule has 92 valence electrons. The Hall–Kier alpha value is -1.59. The van der Waals surface area contributed by atoms with Crippen LogP contribution in [0, 0.1) is 5.41 Å². The molecule has 0 rings (SSSR count). The maximum absolute atomic E-state index is 11.4. The van der Waals surface area contributed by atoms with Crippen LogP contribution >= 0.6 is 0 Å². The number of hydrogen-bond acceptors (Lipinski definition) is 3. The average molecular weight is 229 g/mol. The van der Waals surface area contributed by atoms with Crippen LogP contribution < -0.4 is 16.4 Å². The summed E-state index contributed by atoms with van der Waals surface area (Å²) < 4.78 is 0. The van der Waals surface area contributed by atoms with Gasteiger partial charge in [-0.2, -0.15) is 0 Å². The van der Waals surface area contributed by atoms with E-state index in [0.717, 1.165) is 0 Å². The van der Waals surface area contributed by atoms with E-state index in [0.29, 0.717) is 0 Å². The van der Waals surface area contributed by atoms with Crippen LogP contribution in [0.4, 0.5) is 0 Å². The zero-order valence-electron chi connectivity index (χ0n) is 9.92. The van der Waals surface area contributed by atoms with Gasteiger partial charge >= 0.3 is 0 Å². The maximum Gasteiger partial charge on any atom is 0.236 e. The molecule has 0 spiro atoms. The Morgan fingerprint density at radius 3 is 2.12 bits per heavy atom. The first-order chi connectivity index (χ1) is 7.23. The summed E-state index contributed by atoms with van der Waals surface area (Å²) in [5, 5.41) is 4.95. The Bertz CT molecular complexity index is 282. The van der Waals surface area contributed by atoms with Crippen molar-refractivity contribution in [1.82, 2.24) is 10.6 Å². The van der Waals surface area contributed by atoms with Gasteiger partial charge in [0.15, 0.2) is 0 Å². The molecule has 0 fully saturated rings. The topological polar surface area (TPSA) is 101 Å². The molecule has 0 aliphatic heterocycles. The van der Waals surface area contributed by atoms with Crippen LogP contribution in [-0.2, 0) is 14.4 Å². The zero-order chi connectivity index (χ0) is 12.8. The van der Waals surface area contributed by atoms with Crippen molar-refractivity contribution in [2.24, 2.45) is 11.1 Å². The van der Waals surface area contributed by atoms with E-state index in [9.17, 15) is 14.4 Å². The minimum Gasteiger partial charge on any atom is -0.368 e. The molecule has 0 atom stereocenters. The van der Waals surface area contributed by atoms with Crippen molar-refractivity contribution < 1.29 is 14.4 Å². The maximum atomic E-state index is 11.4. The lowest BCUT2D eigenvalue weighted by atomic mass is 9.96. The van der Waals surface area contributed by atoms with E-state index in [-0.39, 0.29) is 31.3 Å². The molecule has 6 nitrogen and oxygen atoms in total. The number of nitrogens with one attached hydrogen (secondary N) is 2. The van der Waals surface area contributed by atoms with Gasteiger partial charge in [0.25, 0.3) is 0 Å². The van der Waals surface area contributed by atoms with Crippen molar-refractivity contribution >= 4 is 17.7 Å². The van der Waals surface area contributed by atoms with Crippen LogP contribution in [0.5, 0.6) is 0 Å². The van der Waals surface area contributed by atoms with E-state index in [1.54, 1.807) is 20.8 Å². The lowest BCUT2D eigenvalue weighted by molar-refractivity contribution is -0.129. The molecule has 0 heterocycles. The van der Waals surface area contributed by atoms with Crippen LogP contribution in [0.2, 0.25) is 0 Å². The molecular formula is C10H19N3O3. The van der Waals surface area contributed by atoms with Crippen LogP contribution in [-0.4, -0.2) is 30.8 Å². The molecule has 16 heavy (non-hydrogen) atoms. The first kappa shape index (κ1) is 14.4. The van der Waals surface area contributed by atoms with Crippen molar-refractivity contribution in [3.63, 3.8) is 0 Å². The molecular weight excluding hydrogens is 210 g/mol. The summed E-state index contributed by atoms with van der Waals surface area (Å²) in [5.41, 5.74) is 4.38. The third kappa shape index (κ3) is 6.80. The average Bonchev–Trinajstić information content (AvgIpc) is 2.13. The highest BCUT2D eigenvalue weighted by Crippen LogP contribution is 2.11. The van der Waals surface area contributed by atoms with E-state index in [2.05, 4.69) is 10.6 Å². The molecule has 0 aromatic carbocycles. The molecule has 0 saturated carbocycles. The first-order valence-electron chi connectivity index (χ1n) is 5.07. The zero-order valence-corrected chi connectivity index (χ0v) is 9.92. The number of rotatable bonds is 5. The standard InChI is InChI=1S/C10H19N3O3/c1-10(2,3)9(16)12-5-4-8(15)13-6-7(11)14/h4-6H2,1-3H3,(H2,11,14)(H,12,16)(H,13,15). The largest absolute Gasteiger partial charge is 0.368 e. The van der Waals surface area contributed by atoms with Gasteiger partial charge in [-0.1, -0.05) is 20.8 Å². The molecule has 0 saturated heterocycles. The fraction of sp³-hybridized carbons (Fsp3) is 0.700. The Morgan fingerprint density at radius 1 is 1.12 bits per heavy atom. The molecule has 0 aliphatic carbocycles. The normalized spacial score (nSPS) is 10.7. The number of hydrogen-bond donors (Lipinski definition) is 3. The number of primary amides is 1. The van der Waals surface area contributed by atoms with Gasteiger partial charge in [-0.3, -0.25) is 14.4 Å². The molecule has 0 aromatic heterocycles. The van der Waals surface area contributed by atoms with Gasteiger partial charge < -0.3 is 16.4 Å². The van der Waals surface area contributed by atoms with E-state index in [1.165, 1.54) is 0 Å². The molecule has 0 aromatic rings. The number of carbonyl (C=O) groups excluding carboxylic acids is 3. The Labute approximate surface area is 94.9 Å². The predicted octanol–water partition coefficient (Wildman–Crippen LogP) is -0.860. The van der Waals surface area contributed by atoms with Gasteiger partial charge in [0, 0.05) is 18.4 Å². The molecule has 0 aliphatic rings. The summed E-state index contributed by atoms with van der Waals surface area (Å²) >= 11 is 0. The van der Waals surface area contributed by atoms with Crippen molar-refractivity contribution in [2.45, 2.75) is 27.2 Å². The van der Waals surface area contributed by atoms with E-state index in [4.69, 9.17) is 5.73 Å². The Morgan fingerprint density at radius 2 is 1.69 bits per heavy atom. The number of amides is 3. The van der Waals surface area contributed by atoms with E-state index < -0.39 is 11.3 Å². The third-order valence-corrected chi connectivity index (χ3v) is 1.78. The summed E-state index contributed by atoms with van der Waals surface area (Å²) in [6.07, 6.45) is 0.134. The van der Waals surface area contributed by atoms with Crippen LogP contribution in [0.3, 0.4) is 0 Å². The summed E-state index contributed by atoms with van der Waals surface area (Å²) in [5.74, 6) is -1.02. The summed E-state index contributed by atoms with van der Waals surface area (Å²) in [6.45, 7) is 5.44. The lowest BCUT2D eigenvalue weighted by Gasteiger charge is -2.17. The van der Waals surface area contributed by atoms with Crippen molar-refractivity contribution in [3.05, 3.63) is 0 Å². The highest BCUT2D eigenvalue weighted by Gasteiger charge is 2.20. The lowest BCUT2D eigenvalue weighted by Crippen LogP contribution is -2.38. The Kier molecular flexibility index (Phi) is 5.49. The van der Waals surface area contributed by atoms with Gasteiger partial charge in [0.05, 0.1) is 6.54 Å². The highest BCUT2D eigenvalue weighted by molar-refractivity contribution is 5.84. The fourth-order valence-corrected chi connectivity index (χ4v) is 0.829. The van der Waals surface area contributed by atoms with Crippen molar-refractivity contribution in [3.8, 4) is 0 Å². The first-order valence-corrected chi connectivity index (χ1v) is 5.07. The second-order valence-corrected chi connectivity index (χ2v) is 4.50. The fourth-order valence-electron chi connectivity index (χ4n) is 0.829. The molecule has 0 unspecified atom stereocenters. The monoisotopic (exact) mass is 229 g/mol.